The molecule has 122 valence electrons. The van der Waals surface area contributed by atoms with Crippen molar-refractivity contribution in [1.82, 2.24) is 14.7 Å². The molecule has 0 aliphatic carbocycles. The standard InChI is InChI=1S/C16H17ClFN3O2/c1-10-16(17)11(2)21(19-10)9-15(22)20-7-12(8-20)23-14-6-4-3-5-13(14)18/h3-6,12H,7-9H2,1-2H3. The first kappa shape index (κ1) is 15.8. The van der Waals surface area contributed by atoms with Gasteiger partial charge in [0, 0.05) is 0 Å². The zero-order valence-electron chi connectivity index (χ0n) is 12.9. The van der Waals surface area contributed by atoms with E-state index in [2.05, 4.69) is 5.10 Å². The van der Waals surface area contributed by atoms with Crippen molar-refractivity contribution in [2.75, 3.05) is 13.1 Å². The van der Waals surface area contributed by atoms with Crippen LogP contribution in [-0.2, 0) is 11.3 Å². The Kier molecular flexibility index (Phi) is 4.26. The third kappa shape index (κ3) is 3.17. The summed E-state index contributed by atoms with van der Waals surface area (Å²) in [5, 5.41) is 4.83. The molecule has 0 N–H and O–H groups in total. The highest BCUT2D eigenvalue weighted by Crippen LogP contribution is 2.22. The van der Waals surface area contributed by atoms with Crippen molar-refractivity contribution < 1.29 is 13.9 Å². The summed E-state index contributed by atoms with van der Waals surface area (Å²) >= 11 is 6.07. The minimum Gasteiger partial charge on any atom is -0.484 e. The van der Waals surface area contributed by atoms with E-state index in [1.807, 2.05) is 6.92 Å². The summed E-state index contributed by atoms with van der Waals surface area (Å²) in [6.45, 7) is 4.67. The van der Waals surface area contributed by atoms with Crippen LogP contribution >= 0.6 is 11.6 Å². The Labute approximate surface area is 138 Å². The van der Waals surface area contributed by atoms with Gasteiger partial charge in [0.05, 0.1) is 29.5 Å². The smallest absolute Gasteiger partial charge is 0.244 e. The van der Waals surface area contributed by atoms with Gasteiger partial charge in [-0.05, 0) is 26.0 Å². The first-order valence-corrected chi connectivity index (χ1v) is 7.72. The van der Waals surface area contributed by atoms with Crippen LogP contribution in [0.2, 0.25) is 5.02 Å². The largest absolute Gasteiger partial charge is 0.484 e. The lowest BCUT2D eigenvalue weighted by Crippen LogP contribution is -2.57. The number of ether oxygens (including phenoxy) is 1. The summed E-state index contributed by atoms with van der Waals surface area (Å²) in [4.78, 5) is 13.9. The van der Waals surface area contributed by atoms with E-state index in [1.165, 1.54) is 6.07 Å². The normalized spacial score (nSPS) is 14.7. The fourth-order valence-electron chi connectivity index (χ4n) is 2.49. The molecular formula is C16H17ClFN3O2. The lowest BCUT2D eigenvalue weighted by molar-refractivity contribution is -0.140. The second-order valence-corrected chi connectivity index (χ2v) is 5.99. The monoisotopic (exact) mass is 337 g/mol. The molecule has 0 saturated carbocycles. The maximum Gasteiger partial charge on any atom is 0.244 e. The van der Waals surface area contributed by atoms with Gasteiger partial charge in [-0.15, -0.1) is 0 Å². The zero-order chi connectivity index (χ0) is 16.6. The molecule has 0 atom stereocenters. The van der Waals surface area contributed by atoms with Crippen LogP contribution in [0.25, 0.3) is 0 Å². The van der Waals surface area contributed by atoms with Crippen molar-refractivity contribution in [1.29, 1.82) is 0 Å². The minimum atomic E-state index is -0.394. The first-order valence-electron chi connectivity index (χ1n) is 7.34. The SMILES string of the molecule is Cc1nn(CC(=O)N2CC(Oc3ccccc3F)C2)c(C)c1Cl. The van der Waals surface area contributed by atoms with Crippen molar-refractivity contribution in [3.63, 3.8) is 0 Å². The number of hydrogen-bond acceptors (Lipinski definition) is 3. The van der Waals surface area contributed by atoms with Crippen LogP contribution in [0, 0.1) is 19.7 Å². The van der Waals surface area contributed by atoms with Gasteiger partial charge in [-0.3, -0.25) is 9.48 Å². The number of rotatable bonds is 4. The number of likely N-dealkylation sites (tertiary alicyclic amines) is 1. The number of carbonyl (C=O) groups is 1. The van der Waals surface area contributed by atoms with E-state index < -0.39 is 5.82 Å². The maximum absolute atomic E-state index is 13.5. The van der Waals surface area contributed by atoms with E-state index in [0.717, 1.165) is 5.69 Å². The molecule has 1 aliphatic heterocycles. The number of hydrogen-bond donors (Lipinski definition) is 0. The maximum atomic E-state index is 13.5. The molecule has 3 rings (SSSR count). The molecule has 23 heavy (non-hydrogen) atoms. The summed E-state index contributed by atoms with van der Waals surface area (Å²) in [5.41, 5.74) is 1.48. The zero-order valence-corrected chi connectivity index (χ0v) is 13.7. The minimum absolute atomic E-state index is 0.0550. The van der Waals surface area contributed by atoms with Crippen molar-refractivity contribution >= 4 is 17.5 Å². The molecule has 5 nitrogen and oxygen atoms in total. The summed E-state index contributed by atoms with van der Waals surface area (Å²) in [5.74, 6) is -0.231. The topological polar surface area (TPSA) is 47.4 Å². The lowest BCUT2D eigenvalue weighted by Gasteiger charge is -2.39. The molecule has 0 spiro atoms. The molecule has 1 aliphatic rings. The van der Waals surface area contributed by atoms with Crippen LogP contribution in [0.3, 0.4) is 0 Å². The van der Waals surface area contributed by atoms with Crippen molar-refractivity contribution in [3.8, 4) is 5.75 Å². The number of benzene rings is 1. The van der Waals surface area contributed by atoms with E-state index in [0.29, 0.717) is 23.8 Å². The molecule has 0 bridgehead atoms. The van der Waals surface area contributed by atoms with E-state index in [9.17, 15) is 9.18 Å². The summed E-state index contributed by atoms with van der Waals surface area (Å²) in [6.07, 6.45) is -0.181. The number of aromatic nitrogens is 2. The molecule has 2 aromatic rings. The van der Waals surface area contributed by atoms with E-state index >= 15 is 0 Å². The Morgan fingerprint density at radius 3 is 2.70 bits per heavy atom. The van der Waals surface area contributed by atoms with Crippen molar-refractivity contribution in [2.24, 2.45) is 0 Å². The third-order valence-corrected chi connectivity index (χ3v) is 4.46. The summed E-state index contributed by atoms with van der Waals surface area (Å²) in [7, 11) is 0. The van der Waals surface area contributed by atoms with E-state index in [-0.39, 0.29) is 24.3 Å². The van der Waals surface area contributed by atoms with Crippen LogP contribution in [0.5, 0.6) is 5.75 Å². The van der Waals surface area contributed by atoms with Gasteiger partial charge in [0.1, 0.15) is 12.6 Å². The highest BCUT2D eigenvalue weighted by molar-refractivity contribution is 6.31. The van der Waals surface area contributed by atoms with Crippen LogP contribution in [0.4, 0.5) is 4.39 Å². The van der Waals surface area contributed by atoms with Gasteiger partial charge in [-0.25, -0.2) is 4.39 Å². The predicted molar refractivity (Wildman–Crippen MR) is 84.1 cm³/mol. The first-order chi connectivity index (χ1) is 11.0. The van der Waals surface area contributed by atoms with Crippen molar-refractivity contribution in [3.05, 3.63) is 46.5 Å². The molecule has 1 fully saturated rings. The fourth-order valence-corrected chi connectivity index (χ4v) is 2.63. The highest BCUT2D eigenvalue weighted by atomic mass is 35.5. The average Bonchev–Trinajstić information content (AvgIpc) is 2.71. The number of amides is 1. The molecule has 1 aromatic carbocycles. The Morgan fingerprint density at radius 1 is 1.39 bits per heavy atom. The lowest BCUT2D eigenvalue weighted by atomic mass is 10.1. The van der Waals surface area contributed by atoms with Gasteiger partial charge >= 0.3 is 0 Å². The summed E-state index contributed by atoms with van der Waals surface area (Å²) in [6, 6.07) is 6.26. The molecule has 2 heterocycles. The van der Waals surface area contributed by atoms with Gasteiger partial charge in [0.25, 0.3) is 0 Å². The van der Waals surface area contributed by atoms with Gasteiger partial charge in [-0.1, -0.05) is 23.7 Å². The van der Waals surface area contributed by atoms with Crippen LogP contribution in [0.15, 0.2) is 24.3 Å². The van der Waals surface area contributed by atoms with Gasteiger partial charge in [0.2, 0.25) is 5.91 Å². The predicted octanol–water partition coefficient (Wildman–Crippen LogP) is 2.58. The molecule has 1 saturated heterocycles. The highest BCUT2D eigenvalue weighted by Gasteiger charge is 2.33. The average molecular weight is 338 g/mol. The number of carbonyl (C=O) groups excluding carboxylic acids is 1. The Balaban J connectivity index is 1.54. The molecule has 1 amide bonds. The van der Waals surface area contributed by atoms with Crippen molar-refractivity contribution in [2.45, 2.75) is 26.5 Å². The number of halogens is 2. The quantitative estimate of drug-likeness (QED) is 0.861. The second-order valence-electron chi connectivity index (χ2n) is 5.61. The van der Waals surface area contributed by atoms with Gasteiger partial charge < -0.3 is 9.64 Å². The molecule has 0 unspecified atom stereocenters. The summed E-state index contributed by atoms with van der Waals surface area (Å²) < 4.78 is 20.7. The second kappa shape index (κ2) is 6.20. The Morgan fingerprint density at radius 2 is 2.09 bits per heavy atom. The molecule has 0 radical (unpaired) electrons. The third-order valence-electron chi connectivity index (χ3n) is 3.91. The Bertz CT molecular complexity index is 741. The molecular weight excluding hydrogens is 321 g/mol. The van der Waals surface area contributed by atoms with Gasteiger partial charge in [0.15, 0.2) is 11.6 Å². The number of aryl methyl sites for hydroxylation is 1. The van der Waals surface area contributed by atoms with E-state index in [4.69, 9.17) is 16.3 Å². The molecule has 7 heteroatoms. The van der Waals surface area contributed by atoms with Crippen LogP contribution in [-0.4, -0.2) is 39.8 Å². The van der Waals surface area contributed by atoms with Crippen LogP contribution < -0.4 is 4.74 Å². The van der Waals surface area contributed by atoms with Gasteiger partial charge in [-0.2, -0.15) is 5.10 Å². The number of para-hydroxylation sites is 1. The van der Waals surface area contributed by atoms with Crippen LogP contribution in [0.1, 0.15) is 11.4 Å². The fraction of sp³-hybridized carbons (Fsp3) is 0.375. The Hall–Kier alpha value is -2.08. The van der Waals surface area contributed by atoms with E-state index in [1.54, 1.807) is 34.7 Å². The number of nitrogens with zero attached hydrogens (tertiary/aromatic N) is 3. The molecule has 1 aromatic heterocycles.